The van der Waals surface area contributed by atoms with Crippen LogP contribution in [0.4, 0.5) is 11.4 Å². The number of aryl methyl sites for hydroxylation is 1. The maximum Gasteiger partial charge on any atom is 0.228 e. The minimum absolute atomic E-state index is 0.116. The summed E-state index contributed by atoms with van der Waals surface area (Å²) in [5, 5.41) is 6.52. The highest BCUT2D eigenvalue weighted by Crippen LogP contribution is 2.40. The van der Waals surface area contributed by atoms with Gasteiger partial charge < -0.3 is 10.6 Å². The molecule has 6 heteroatoms. The van der Waals surface area contributed by atoms with Crippen molar-refractivity contribution in [2.24, 2.45) is 11.8 Å². The summed E-state index contributed by atoms with van der Waals surface area (Å²) in [6, 6.07) is 12.6. The van der Waals surface area contributed by atoms with Crippen molar-refractivity contribution in [2.75, 3.05) is 10.6 Å². The lowest BCUT2D eigenvalue weighted by molar-refractivity contribution is -0.122. The summed E-state index contributed by atoms with van der Waals surface area (Å²) in [5.74, 6) is -0.909. The summed E-state index contributed by atoms with van der Waals surface area (Å²) < 4.78 is 0. The maximum atomic E-state index is 12.4. The molecule has 2 aromatic rings. The van der Waals surface area contributed by atoms with Crippen LogP contribution >= 0.6 is 23.2 Å². The van der Waals surface area contributed by atoms with Crippen LogP contribution in [0.5, 0.6) is 0 Å². The van der Waals surface area contributed by atoms with Crippen molar-refractivity contribution >= 4 is 46.4 Å². The van der Waals surface area contributed by atoms with Crippen molar-refractivity contribution in [3.8, 4) is 0 Å². The van der Waals surface area contributed by atoms with Gasteiger partial charge >= 0.3 is 0 Å². The third-order valence-corrected chi connectivity index (χ3v) is 5.05. The summed E-state index contributed by atoms with van der Waals surface area (Å²) >= 11 is 11.8. The number of para-hydroxylation sites is 1. The van der Waals surface area contributed by atoms with Crippen LogP contribution in [0.2, 0.25) is 10.0 Å². The lowest BCUT2D eigenvalue weighted by Crippen LogP contribution is -2.21. The molecule has 2 amide bonds. The van der Waals surface area contributed by atoms with Crippen LogP contribution in [0, 0.1) is 11.8 Å². The number of carbonyl (C=O) groups excluding carboxylic acids is 2. The minimum atomic E-state index is -0.316. The normalized spacial score (nSPS) is 18.5. The lowest BCUT2D eigenvalue weighted by Gasteiger charge is -2.10. The number of hydrogen-bond donors (Lipinski definition) is 2. The van der Waals surface area contributed by atoms with Gasteiger partial charge in [0.15, 0.2) is 0 Å². The van der Waals surface area contributed by atoms with Gasteiger partial charge in [-0.25, -0.2) is 0 Å². The van der Waals surface area contributed by atoms with Crippen LogP contribution in [0.1, 0.15) is 18.9 Å². The topological polar surface area (TPSA) is 58.2 Å². The molecule has 1 fully saturated rings. The highest BCUT2D eigenvalue weighted by Gasteiger charge is 2.48. The molecule has 0 aliphatic heterocycles. The molecule has 2 unspecified atom stereocenters. The van der Waals surface area contributed by atoms with Crippen LogP contribution in [0.25, 0.3) is 0 Å². The molecular formula is C19H18Cl2N2O2. The van der Waals surface area contributed by atoms with Crippen LogP contribution in [0.15, 0.2) is 42.5 Å². The second-order valence-electron chi connectivity index (χ2n) is 6.07. The van der Waals surface area contributed by atoms with E-state index in [9.17, 15) is 9.59 Å². The number of anilines is 2. The number of benzene rings is 2. The van der Waals surface area contributed by atoms with Crippen molar-refractivity contribution in [3.63, 3.8) is 0 Å². The predicted molar refractivity (Wildman–Crippen MR) is 101 cm³/mol. The molecule has 1 aliphatic rings. The van der Waals surface area contributed by atoms with Crippen LogP contribution < -0.4 is 10.6 Å². The van der Waals surface area contributed by atoms with E-state index in [4.69, 9.17) is 23.2 Å². The Labute approximate surface area is 156 Å². The number of nitrogens with one attached hydrogen (secondary N) is 2. The molecule has 3 rings (SSSR count). The molecule has 1 saturated carbocycles. The molecule has 0 radical (unpaired) electrons. The second-order valence-corrected chi connectivity index (χ2v) is 6.88. The summed E-state index contributed by atoms with van der Waals surface area (Å²) in [6.07, 6.45) is 1.38. The molecule has 2 atom stereocenters. The SMILES string of the molecule is CCc1ccccc1NC(=O)C1CC1C(=O)Nc1ccc(Cl)c(Cl)c1. The molecule has 25 heavy (non-hydrogen) atoms. The van der Waals surface area contributed by atoms with Crippen molar-refractivity contribution in [1.82, 2.24) is 0 Å². The molecule has 0 heterocycles. The Morgan fingerprint density at radius 2 is 1.68 bits per heavy atom. The first-order valence-electron chi connectivity index (χ1n) is 8.14. The average molecular weight is 377 g/mol. The van der Waals surface area contributed by atoms with E-state index in [0.717, 1.165) is 17.7 Å². The molecule has 2 N–H and O–H groups in total. The van der Waals surface area contributed by atoms with Crippen LogP contribution in [-0.4, -0.2) is 11.8 Å². The summed E-state index contributed by atoms with van der Waals surface area (Å²) in [7, 11) is 0. The zero-order valence-corrected chi connectivity index (χ0v) is 15.2. The maximum absolute atomic E-state index is 12.4. The van der Waals surface area contributed by atoms with Crippen LogP contribution in [0.3, 0.4) is 0 Å². The Kier molecular flexibility index (Phi) is 5.30. The first-order valence-corrected chi connectivity index (χ1v) is 8.90. The van der Waals surface area contributed by atoms with Crippen LogP contribution in [-0.2, 0) is 16.0 Å². The summed E-state index contributed by atoms with van der Waals surface area (Å²) in [6.45, 7) is 2.04. The molecule has 0 aromatic heterocycles. The Morgan fingerprint density at radius 1 is 1.00 bits per heavy atom. The van der Waals surface area contributed by atoms with Gasteiger partial charge in [-0.15, -0.1) is 0 Å². The van der Waals surface area contributed by atoms with Gasteiger partial charge in [-0.2, -0.15) is 0 Å². The second kappa shape index (κ2) is 7.46. The fraction of sp³-hybridized carbons (Fsp3) is 0.263. The standard InChI is InChI=1S/C19H18Cl2N2O2/c1-2-11-5-3-4-6-17(11)23-19(25)14-10-13(14)18(24)22-12-7-8-15(20)16(21)9-12/h3-9,13-14H,2,10H2,1H3,(H,22,24)(H,23,25). The quantitative estimate of drug-likeness (QED) is 0.789. The van der Waals surface area contributed by atoms with E-state index in [-0.39, 0.29) is 23.7 Å². The zero-order chi connectivity index (χ0) is 18.0. The van der Waals surface area contributed by atoms with Gasteiger partial charge in [-0.05, 0) is 42.7 Å². The van der Waals surface area contributed by atoms with E-state index in [1.807, 2.05) is 31.2 Å². The fourth-order valence-electron chi connectivity index (χ4n) is 2.76. The van der Waals surface area contributed by atoms with Crippen molar-refractivity contribution in [3.05, 3.63) is 58.1 Å². The summed E-state index contributed by atoms with van der Waals surface area (Å²) in [4.78, 5) is 24.7. The molecule has 1 aliphatic carbocycles. The van der Waals surface area contributed by atoms with Gasteiger partial charge in [-0.1, -0.05) is 48.3 Å². The van der Waals surface area contributed by atoms with Gasteiger partial charge in [0, 0.05) is 11.4 Å². The number of carbonyl (C=O) groups is 2. The highest BCUT2D eigenvalue weighted by atomic mass is 35.5. The summed E-state index contributed by atoms with van der Waals surface area (Å²) in [5.41, 5.74) is 2.46. The van der Waals surface area contributed by atoms with Gasteiger partial charge in [0.05, 0.1) is 21.9 Å². The van der Waals surface area contributed by atoms with E-state index in [2.05, 4.69) is 10.6 Å². The number of hydrogen-bond acceptors (Lipinski definition) is 2. The first-order chi connectivity index (χ1) is 12.0. The van der Waals surface area contributed by atoms with E-state index in [0.29, 0.717) is 22.2 Å². The van der Waals surface area contributed by atoms with Crippen molar-refractivity contribution in [2.45, 2.75) is 19.8 Å². The average Bonchev–Trinajstić information content (AvgIpc) is 3.39. The number of rotatable bonds is 5. The van der Waals surface area contributed by atoms with E-state index in [1.165, 1.54) is 0 Å². The molecule has 0 spiro atoms. The smallest absolute Gasteiger partial charge is 0.228 e. The fourth-order valence-corrected chi connectivity index (χ4v) is 3.06. The van der Waals surface area contributed by atoms with Crippen molar-refractivity contribution in [1.29, 1.82) is 0 Å². The Balaban J connectivity index is 1.58. The third-order valence-electron chi connectivity index (χ3n) is 4.31. The monoisotopic (exact) mass is 376 g/mol. The van der Waals surface area contributed by atoms with Gasteiger partial charge in [0.1, 0.15) is 0 Å². The molecule has 2 aromatic carbocycles. The highest BCUT2D eigenvalue weighted by molar-refractivity contribution is 6.42. The van der Waals surface area contributed by atoms with Gasteiger partial charge in [0.25, 0.3) is 0 Å². The predicted octanol–water partition coefficient (Wildman–Crippen LogP) is 4.77. The molecular weight excluding hydrogens is 359 g/mol. The lowest BCUT2D eigenvalue weighted by atomic mass is 10.1. The molecule has 0 saturated heterocycles. The van der Waals surface area contributed by atoms with Crippen molar-refractivity contribution < 1.29 is 9.59 Å². The first kappa shape index (κ1) is 17.8. The molecule has 130 valence electrons. The number of halogens is 2. The van der Waals surface area contributed by atoms with E-state index < -0.39 is 0 Å². The van der Waals surface area contributed by atoms with Gasteiger partial charge in [0.2, 0.25) is 11.8 Å². The molecule has 0 bridgehead atoms. The molecule has 4 nitrogen and oxygen atoms in total. The van der Waals surface area contributed by atoms with E-state index in [1.54, 1.807) is 18.2 Å². The Hall–Kier alpha value is -2.04. The number of amides is 2. The Morgan fingerprint density at radius 3 is 2.36 bits per heavy atom. The largest absolute Gasteiger partial charge is 0.326 e. The van der Waals surface area contributed by atoms with E-state index >= 15 is 0 Å². The third kappa shape index (κ3) is 4.14. The minimum Gasteiger partial charge on any atom is -0.326 e. The Bertz CT molecular complexity index is 823. The zero-order valence-electron chi connectivity index (χ0n) is 13.7. The van der Waals surface area contributed by atoms with Gasteiger partial charge in [-0.3, -0.25) is 9.59 Å².